The SMILES string of the molecule is C[Si](C)(CBr)c1cccc(C2OCCO2)c1. The first-order chi connectivity index (χ1) is 7.63. The lowest BCUT2D eigenvalue weighted by Gasteiger charge is -2.21. The lowest BCUT2D eigenvalue weighted by Crippen LogP contribution is -2.43. The Balaban J connectivity index is 2.25. The second-order valence-corrected chi connectivity index (χ2v) is 11.0. The Morgan fingerprint density at radius 1 is 1.31 bits per heavy atom. The minimum atomic E-state index is -1.33. The number of benzene rings is 1. The molecule has 2 nitrogen and oxygen atoms in total. The van der Waals surface area contributed by atoms with E-state index in [1.165, 1.54) is 5.19 Å². The first-order valence-electron chi connectivity index (χ1n) is 5.53. The molecule has 1 saturated heterocycles. The predicted octanol–water partition coefficient (Wildman–Crippen LogP) is 2.58. The van der Waals surface area contributed by atoms with E-state index in [9.17, 15) is 0 Å². The van der Waals surface area contributed by atoms with Gasteiger partial charge in [-0.25, -0.2) is 0 Å². The van der Waals surface area contributed by atoms with E-state index in [0.29, 0.717) is 13.2 Å². The molecule has 0 N–H and O–H groups in total. The molecule has 0 amide bonds. The molecule has 1 aromatic rings. The summed E-state index contributed by atoms with van der Waals surface area (Å²) in [5.74, 6) is 0. The summed E-state index contributed by atoms with van der Waals surface area (Å²) in [5, 5.41) is 1.45. The van der Waals surface area contributed by atoms with Crippen molar-refractivity contribution < 1.29 is 9.47 Å². The summed E-state index contributed by atoms with van der Waals surface area (Å²) in [5.41, 5.74) is 1.15. The normalized spacial score (nSPS) is 17.9. The fourth-order valence-electron chi connectivity index (χ4n) is 1.73. The number of halogens is 1. The van der Waals surface area contributed by atoms with Crippen molar-refractivity contribution in [3.8, 4) is 0 Å². The summed E-state index contributed by atoms with van der Waals surface area (Å²) in [6.07, 6.45) is -0.153. The maximum atomic E-state index is 5.52. The molecule has 4 heteroatoms. The van der Waals surface area contributed by atoms with E-state index in [1.54, 1.807) is 0 Å². The quantitative estimate of drug-likeness (QED) is 0.631. The zero-order chi connectivity index (χ0) is 11.6. The fraction of sp³-hybridized carbons (Fsp3) is 0.500. The molecule has 2 rings (SSSR count). The molecule has 16 heavy (non-hydrogen) atoms. The summed E-state index contributed by atoms with van der Waals surface area (Å²) in [6.45, 7) is 6.12. The highest BCUT2D eigenvalue weighted by molar-refractivity contribution is 9.09. The second kappa shape index (κ2) is 5.00. The van der Waals surface area contributed by atoms with Crippen LogP contribution in [0.4, 0.5) is 0 Å². The van der Waals surface area contributed by atoms with Crippen LogP contribution in [0, 0.1) is 0 Å². The van der Waals surface area contributed by atoms with Gasteiger partial charge in [-0.05, 0) is 0 Å². The number of ether oxygens (including phenoxy) is 2. The predicted molar refractivity (Wildman–Crippen MR) is 72.0 cm³/mol. The molecule has 1 fully saturated rings. The van der Waals surface area contributed by atoms with E-state index in [-0.39, 0.29) is 6.29 Å². The largest absolute Gasteiger partial charge is 0.346 e. The van der Waals surface area contributed by atoms with Crippen LogP contribution in [0.5, 0.6) is 0 Å². The lowest BCUT2D eigenvalue weighted by atomic mass is 10.2. The molecule has 0 unspecified atom stereocenters. The van der Waals surface area contributed by atoms with Crippen molar-refractivity contribution in [1.82, 2.24) is 0 Å². The summed E-state index contributed by atoms with van der Waals surface area (Å²) >= 11 is 3.61. The van der Waals surface area contributed by atoms with E-state index in [0.717, 1.165) is 10.5 Å². The number of hydrogen-bond donors (Lipinski definition) is 0. The van der Waals surface area contributed by atoms with Gasteiger partial charge < -0.3 is 9.47 Å². The van der Waals surface area contributed by atoms with Gasteiger partial charge in [0.25, 0.3) is 0 Å². The van der Waals surface area contributed by atoms with Gasteiger partial charge in [-0.3, -0.25) is 0 Å². The summed E-state index contributed by atoms with van der Waals surface area (Å²) < 4.78 is 11.0. The van der Waals surface area contributed by atoms with Gasteiger partial charge in [0.2, 0.25) is 0 Å². The van der Waals surface area contributed by atoms with Crippen LogP contribution in [-0.2, 0) is 9.47 Å². The van der Waals surface area contributed by atoms with E-state index in [2.05, 4.69) is 53.3 Å². The minimum absolute atomic E-state index is 0.153. The molecule has 0 atom stereocenters. The minimum Gasteiger partial charge on any atom is -0.346 e. The summed E-state index contributed by atoms with van der Waals surface area (Å²) in [4.78, 5) is 1.08. The highest BCUT2D eigenvalue weighted by atomic mass is 79.9. The van der Waals surface area contributed by atoms with Gasteiger partial charge >= 0.3 is 0 Å². The van der Waals surface area contributed by atoms with Crippen LogP contribution in [0.3, 0.4) is 0 Å². The van der Waals surface area contributed by atoms with Crippen LogP contribution in [0.1, 0.15) is 11.9 Å². The van der Waals surface area contributed by atoms with Crippen molar-refractivity contribution in [1.29, 1.82) is 0 Å². The maximum absolute atomic E-state index is 5.52. The van der Waals surface area contributed by atoms with Gasteiger partial charge in [0.1, 0.15) is 0 Å². The van der Waals surface area contributed by atoms with E-state index < -0.39 is 8.07 Å². The van der Waals surface area contributed by atoms with Gasteiger partial charge in [-0.1, -0.05) is 58.5 Å². The Bertz CT molecular complexity index is 362. The monoisotopic (exact) mass is 300 g/mol. The van der Waals surface area contributed by atoms with Crippen molar-refractivity contribution >= 4 is 29.2 Å². The zero-order valence-electron chi connectivity index (χ0n) is 9.70. The van der Waals surface area contributed by atoms with Gasteiger partial charge in [0.15, 0.2) is 6.29 Å². The molecular formula is C12H17BrO2Si. The first-order valence-corrected chi connectivity index (χ1v) is 9.86. The average Bonchev–Trinajstić information content (AvgIpc) is 2.83. The molecule has 0 aromatic heterocycles. The Morgan fingerprint density at radius 2 is 2.00 bits per heavy atom. The molecule has 88 valence electrons. The Morgan fingerprint density at radius 3 is 2.62 bits per heavy atom. The molecule has 1 aromatic carbocycles. The summed E-state index contributed by atoms with van der Waals surface area (Å²) in [6, 6.07) is 8.64. The highest BCUT2D eigenvalue weighted by Crippen LogP contribution is 2.22. The van der Waals surface area contributed by atoms with Gasteiger partial charge in [0.05, 0.1) is 21.3 Å². The van der Waals surface area contributed by atoms with Crippen molar-refractivity contribution in [3.05, 3.63) is 29.8 Å². The van der Waals surface area contributed by atoms with Gasteiger partial charge in [-0.15, -0.1) is 0 Å². The van der Waals surface area contributed by atoms with Crippen LogP contribution in [0.2, 0.25) is 13.1 Å². The Hall–Kier alpha value is -0.163. The van der Waals surface area contributed by atoms with Crippen molar-refractivity contribution in [3.63, 3.8) is 0 Å². The molecule has 0 aliphatic carbocycles. The van der Waals surface area contributed by atoms with Crippen molar-refractivity contribution in [2.45, 2.75) is 19.4 Å². The van der Waals surface area contributed by atoms with Crippen LogP contribution in [-0.4, -0.2) is 26.2 Å². The van der Waals surface area contributed by atoms with E-state index in [1.807, 2.05) is 0 Å². The first kappa shape index (κ1) is 12.3. The molecule has 1 aliphatic heterocycles. The van der Waals surface area contributed by atoms with E-state index in [4.69, 9.17) is 9.47 Å². The Labute approximate surface area is 106 Å². The molecule has 1 aliphatic rings. The van der Waals surface area contributed by atoms with Crippen molar-refractivity contribution in [2.24, 2.45) is 0 Å². The molecule has 0 saturated carbocycles. The average molecular weight is 301 g/mol. The lowest BCUT2D eigenvalue weighted by molar-refractivity contribution is -0.0440. The number of alkyl halides is 1. The fourth-order valence-corrected chi connectivity index (χ4v) is 3.96. The van der Waals surface area contributed by atoms with Gasteiger partial charge in [-0.2, -0.15) is 0 Å². The maximum Gasteiger partial charge on any atom is 0.184 e. The van der Waals surface area contributed by atoms with Crippen LogP contribution >= 0.6 is 15.9 Å². The van der Waals surface area contributed by atoms with Crippen molar-refractivity contribution in [2.75, 3.05) is 18.2 Å². The molecule has 0 radical (unpaired) electrons. The molecule has 1 heterocycles. The molecule has 0 spiro atoms. The molecule has 0 bridgehead atoms. The topological polar surface area (TPSA) is 18.5 Å². The van der Waals surface area contributed by atoms with Crippen LogP contribution in [0.25, 0.3) is 0 Å². The zero-order valence-corrected chi connectivity index (χ0v) is 12.3. The smallest absolute Gasteiger partial charge is 0.184 e. The van der Waals surface area contributed by atoms with Crippen LogP contribution in [0.15, 0.2) is 24.3 Å². The third-order valence-electron chi connectivity index (χ3n) is 2.90. The summed E-state index contributed by atoms with van der Waals surface area (Å²) in [7, 11) is -1.33. The van der Waals surface area contributed by atoms with Gasteiger partial charge in [0, 0.05) is 10.5 Å². The Kier molecular flexibility index (Phi) is 3.84. The second-order valence-electron chi connectivity index (χ2n) is 4.72. The number of rotatable bonds is 3. The third kappa shape index (κ3) is 2.56. The third-order valence-corrected chi connectivity index (χ3v) is 9.64. The highest BCUT2D eigenvalue weighted by Gasteiger charge is 2.24. The molecular weight excluding hydrogens is 284 g/mol. The standard InChI is InChI=1S/C12H17BrO2Si/c1-16(2,9-13)11-5-3-4-10(8-11)12-14-6-7-15-12/h3-5,8,12H,6-7,9H2,1-2H3. The van der Waals surface area contributed by atoms with Crippen LogP contribution < -0.4 is 5.19 Å². The van der Waals surface area contributed by atoms with E-state index >= 15 is 0 Å². The number of hydrogen-bond acceptors (Lipinski definition) is 2.